The molecule has 0 radical (unpaired) electrons. The van der Waals surface area contributed by atoms with E-state index in [4.69, 9.17) is 23.2 Å². The Morgan fingerprint density at radius 1 is 0.925 bits per heavy atom. The summed E-state index contributed by atoms with van der Waals surface area (Å²) in [6, 6.07) is 21.6. The number of carbonyl (C=O) groups excluding carboxylic acids is 1. The molecule has 1 fully saturated rings. The molecule has 0 saturated heterocycles. The van der Waals surface area contributed by atoms with Crippen molar-refractivity contribution in [3.63, 3.8) is 0 Å². The van der Waals surface area contributed by atoms with Crippen LogP contribution in [0.2, 0.25) is 10.0 Å². The van der Waals surface area contributed by atoms with Gasteiger partial charge in [-0.15, -0.1) is 0 Å². The molecule has 0 bridgehead atoms. The fourth-order valence-electron chi connectivity index (χ4n) is 5.04. The molecule has 40 heavy (non-hydrogen) atoms. The third kappa shape index (κ3) is 5.06. The topological polar surface area (TPSA) is 84.2 Å². The molecule has 5 aromatic rings. The SMILES string of the molecule is O=C(O)c1ccc(C2(NC(=O)c3cc(-c4ccc(F)cc4)cc4cnn(Cc5cc(Cl)cc(Cl)c5)c34)CC2)cc1. The van der Waals surface area contributed by atoms with Gasteiger partial charge in [0.05, 0.1) is 34.9 Å². The molecule has 9 heteroatoms. The second-order valence-electron chi connectivity index (χ2n) is 9.97. The molecule has 1 aromatic heterocycles. The van der Waals surface area contributed by atoms with E-state index in [1.807, 2.05) is 6.07 Å². The van der Waals surface area contributed by atoms with Gasteiger partial charge < -0.3 is 10.4 Å². The lowest BCUT2D eigenvalue weighted by Crippen LogP contribution is -2.35. The number of aromatic carboxylic acids is 1. The Hall–Kier alpha value is -4.20. The zero-order chi connectivity index (χ0) is 28.0. The van der Waals surface area contributed by atoms with Gasteiger partial charge in [-0.1, -0.05) is 47.5 Å². The van der Waals surface area contributed by atoms with Crippen molar-refractivity contribution in [2.24, 2.45) is 0 Å². The zero-order valence-electron chi connectivity index (χ0n) is 21.0. The van der Waals surface area contributed by atoms with E-state index in [1.54, 1.807) is 71.5 Å². The number of nitrogens with one attached hydrogen (secondary N) is 1. The van der Waals surface area contributed by atoms with Crippen molar-refractivity contribution in [2.75, 3.05) is 0 Å². The maximum absolute atomic E-state index is 14.0. The van der Waals surface area contributed by atoms with Crippen LogP contribution in [0.5, 0.6) is 0 Å². The Morgan fingerprint density at radius 2 is 1.60 bits per heavy atom. The van der Waals surface area contributed by atoms with Crippen LogP contribution in [0.3, 0.4) is 0 Å². The first-order valence-electron chi connectivity index (χ1n) is 12.6. The number of rotatable bonds is 7. The van der Waals surface area contributed by atoms with Gasteiger partial charge in [0.25, 0.3) is 5.91 Å². The first-order chi connectivity index (χ1) is 19.2. The van der Waals surface area contributed by atoms with Crippen LogP contribution < -0.4 is 5.32 Å². The molecule has 0 aliphatic heterocycles. The Balaban J connectivity index is 1.42. The van der Waals surface area contributed by atoms with Crippen LogP contribution in [-0.2, 0) is 12.1 Å². The van der Waals surface area contributed by atoms with E-state index in [2.05, 4.69) is 10.4 Å². The number of halogens is 3. The highest BCUT2D eigenvalue weighted by atomic mass is 35.5. The summed E-state index contributed by atoms with van der Waals surface area (Å²) in [5.74, 6) is -1.64. The molecule has 6 rings (SSSR count). The van der Waals surface area contributed by atoms with E-state index >= 15 is 0 Å². The van der Waals surface area contributed by atoms with Gasteiger partial charge in [-0.2, -0.15) is 5.10 Å². The smallest absolute Gasteiger partial charge is 0.335 e. The van der Waals surface area contributed by atoms with Gasteiger partial charge in [0, 0.05) is 15.4 Å². The molecule has 0 unspecified atom stereocenters. The lowest BCUT2D eigenvalue weighted by Gasteiger charge is -2.19. The molecule has 1 aliphatic carbocycles. The van der Waals surface area contributed by atoms with Crippen LogP contribution in [0.1, 0.15) is 44.7 Å². The highest BCUT2D eigenvalue weighted by Gasteiger charge is 2.46. The standard InChI is InChI=1S/C31H22Cl2FN3O3/c32-24-11-18(12-25(33)15-24)17-37-28-22(16-35-37)13-21(19-3-7-26(34)8-4-19)14-27(28)29(38)36-31(9-10-31)23-5-1-20(2-6-23)30(39)40/h1-8,11-16H,9-10,17H2,(H,36,38)(H,39,40). The van der Waals surface area contributed by atoms with Crippen LogP contribution >= 0.6 is 23.2 Å². The average molecular weight is 574 g/mol. The van der Waals surface area contributed by atoms with Crippen LogP contribution in [0.25, 0.3) is 22.0 Å². The van der Waals surface area contributed by atoms with Crippen LogP contribution in [0, 0.1) is 5.82 Å². The number of aromatic nitrogens is 2. The van der Waals surface area contributed by atoms with Gasteiger partial charge in [-0.25, -0.2) is 9.18 Å². The van der Waals surface area contributed by atoms with Gasteiger partial charge in [-0.05, 0) is 89.7 Å². The second kappa shape index (κ2) is 10.1. The Labute approximate surface area is 239 Å². The van der Waals surface area contributed by atoms with E-state index in [1.165, 1.54) is 12.1 Å². The van der Waals surface area contributed by atoms with Crippen molar-refractivity contribution in [3.05, 3.63) is 123 Å². The summed E-state index contributed by atoms with van der Waals surface area (Å²) in [6.45, 7) is 0.335. The van der Waals surface area contributed by atoms with Gasteiger partial charge in [0.15, 0.2) is 0 Å². The van der Waals surface area contributed by atoms with Crippen LogP contribution in [0.4, 0.5) is 4.39 Å². The van der Waals surface area contributed by atoms with Crippen molar-refractivity contribution in [2.45, 2.75) is 24.9 Å². The second-order valence-corrected chi connectivity index (χ2v) is 10.8. The predicted molar refractivity (Wildman–Crippen MR) is 152 cm³/mol. The first-order valence-corrected chi connectivity index (χ1v) is 13.3. The van der Waals surface area contributed by atoms with Crippen molar-refractivity contribution < 1.29 is 19.1 Å². The summed E-state index contributed by atoms with van der Waals surface area (Å²) in [4.78, 5) is 25.3. The van der Waals surface area contributed by atoms with Crippen molar-refractivity contribution in [1.29, 1.82) is 0 Å². The normalized spacial score (nSPS) is 13.8. The minimum atomic E-state index is -1.00. The number of carbonyl (C=O) groups is 2. The minimum absolute atomic E-state index is 0.185. The number of hydrogen-bond donors (Lipinski definition) is 2. The van der Waals surface area contributed by atoms with E-state index in [9.17, 15) is 19.1 Å². The van der Waals surface area contributed by atoms with Crippen molar-refractivity contribution in [1.82, 2.24) is 15.1 Å². The Morgan fingerprint density at radius 3 is 2.23 bits per heavy atom. The molecular weight excluding hydrogens is 552 g/mol. The summed E-state index contributed by atoms with van der Waals surface area (Å²) in [7, 11) is 0. The molecule has 0 spiro atoms. The van der Waals surface area contributed by atoms with Crippen molar-refractivity contribution >= 4 is 46.0 Å². The summed E-state index contributed by atoms with van der Waals surface area (Å²) >= 11 is 12.4. The maximum Gasteiger partial charge on any atom is 0.335 e. The molecule has 2 N–H and O–H groups in total. The van der Waals surface area contributed by atoms with Crippen molar-refractivity contribution in [3.8, 4) is 11.1 Å². The van der Waals surface area contributed by atoms with Gasteiger partial charge in [0.1, 0.15) is 5.82 Å². The van der Waals surface area contributed by atoms with E-state index in [0.717, 1.165) is 40.5 Å². The average Bonchev–Trinajstić information content (AvgIpc) is 3.60. The number of nitrogens with zero attached hydrogens (tertiary/aromatic N) is 2. The lowest BCUT2D eigenvalue weighted by atomic mass is 9.98. The Bertz CT molecular complexity index is 1760. The number of amides is 1. The third-order valence-corrected chi connectivity index (χ3v) is 7.63. The molecule has 1 saturated carbocycles. The van der Waals surface area contributed by atoms with Gasteiger partial charge >= 0.3 is 5.97 Å². The van der Waals surface area contributed by atoms with Gasteiger partial charge in [0.2, 0.25) is 0 Å². The molecule has 0 atom stereocenters. The molecule has 1 amide bonds. The molecule has 4 aromatic carbocycles. The van der Waals surface area contributed by atoms with Crippen LogP contribution in [-0.4, -0.2) is 26.8 Å². The van der Waals surface area contributed by atoms with Gasteiger partial charge in [-0.3, -0.25) is 9.48 Å². The number of carboxylic acids is 1. The molecule has 6 nitrogen and oxygen atoms in total. The van der Waals surface area contributed by atoms with Crippen LogP contribution in [0.15, 0.2) is 85.1 Å². The fraction of sp³-hybridized carbons (Fsp3) is 0.129. The number of benzene rings is 4. The summed E-state index contributed by atoms with van der Waals surface area (Å²) in [5, 5.41) is 18.8. The summed E-state index contributed by atoms with van der Waals surface area (Å²) in [6.07, 6.45) is 3.15. The number of carboxylic acid groups (broad SMARTS) is 1. The molecular formula is C31H22Cl2FN3O3. The van der Waals surface area contributed by atoms with E-state index in [-0.39, 0.29) is 17.3 Å². The predicted octanol–water partition coefficient (Wildman–Crippen LogP) is 7.31. The molecule has 1 heterocycles. The summed E-state index contributed by atoms with van der Waals surface area (Å²) < 4.78 is 15.4. The minimum Gasteiger partial charge on any atom is -0.478 e. The first kappa shape index (κ1) is 26.0. The van der Waals surface area contributed by atoms with E-state index < -0.39 is 11.5 Å². The quantitative estimate of drug-likeness (QED) is 0.214. The monoisotopic (exact) mass is 573 g/mol. The molecule has 1 aliphatic rings. The number of hydrogen-bond acceptors (Lipinski definition) is 3. The molecule has 200 valence electrons. The zero-order valence-corrected chi connectivity index (χ0v) is 22.5. The highest BCUT2D eigenvalue weighted by Crippen LogP contribution is 2.46. The largest absolute Gasteiger partial charge is 0.478 e. The Kier molecular flexibility index (Phi) is 6.56. The van der Waals surface area contributed by atoms with E-state index in [0.29, 0.717) is 27.7 Å². The summed E-state index contributed by atoms with van der Waals surface area (Å²) in [5.41, 5.74) is 3.83. The fourth-order valence-corrected chi connectivity index (χ4v) is 5.61. The highest BCUT2D eigenvalue weighted by molar-refractivity contribution is 6.34. The lowest BCUT2D eigenvalue weighted by molar-refractivity contribution is 0.0696. The maximum atomic E-state index is 14.0. The number of fused-ring (bicyclic) bond motifs is 1. The third-order valence-electron chi connectivity index (χ3n) is 7.20.